The fourth-order valence-electron chi connectivity index (χ4n) is 3.27. The number of hydrogen-bond donors (Lipinski definition) is 2. The zero-order chi connectivity index (χ0) is 13.8. The lowest BCUT2D eigenvalue weighted by Gasteiger charge is -2.28. The average Bonchev–Trinajstić information content (AvgIpc) is 3.26. The molecule has 0 aromatic heterocycles. The first kappa shape index (κ1) is 14.1. The van der Waals surface area contributed by atoms with E-state index in [-0.39, 0.29) is 0 Å². The van der Waals surface area contributed by atoms with Crippen LogP contribution in [0.5, 0.6) is 0 Å². The smallest absolute Gasteiger partial charge is 0.0468 e. The minimum Gasteiger partial charge on any atom is -0.385 e. The van der Waals surface area contributed by atoms with Gasteiger partial charge in [0.05, 0.1) is 0 Å². The van der Waals surface area contributed by atoms with Gasteiger partial charge in [-0.05, 0) is 48.8 Å². The van der Waals surface area contributed by atoms with Gasteiger partial charge in [-0.25, -0.2) is 0 Å². The predicted octanol–water partition coefficient (Wildman–Crippen LogP) is 2.28. The van der Waals surface area contributed by atoms with Crippen LogP contribution in [0.25, 0.3) is 0 Å². The number of nitrogens with one attached hydrogen (secondary N) is 2. The van der Waals surface area contributed by atoms with Crippen LogP contribution in [0.4, 0.5) is 0 Å². The fraction of sp³-hybridized carbons (Fsp3) is 0.647. The molecule has 0 spiro atoms. The molecule has 3 heteroatoms. The second-order valence-corrected chi connectivity index (χ2v) is 6.33. The molecule has 0 bridgehead atoms. The minimum atomic E-state index is 0.471. The highest BCUT2D eigenvalue weighted by molar-refractivity contribution is 5.32. The maximum atomic E-state index is 5.22. The lowest BCUT2D eigenvalue weighted by molar-refractivity contribution is 0.171. The molecule has 1 unspecified atom stereocenters. The molecule has 110 valence electrons. The summed E-state index contributed by atoms with van der Waals surface area (Å²) in [4.78, 5) is 0. The first-order chi connectivity index (χ1) is 9.83. The number of fused-ring (bicyclic) bond motifs is 1. The van der Waals surface area contributed by atoms with Crippen LogP contribution >= 0.6 is 0 Å². The summed E-state index contributed by atoms with van der Waals surface area (Å²) in [6.45, 7) is 4.16. The van der Waals surface area contributed by atoms with E-state index in [1.54, 1.807) is 7.11 Å². The van der Waals surface area contributed by atoms with Crippen molar-refractivity contribution >= 4 is 0 Å². The second kappa shape index (κ2) is 6.25. The van der Waals surface area contributed by atoms with Crippen LogP contribution in [0.1, 0.15) is 36.4 Å². The van der Waals surface area contributed by atoms with Crippen LogP contribution in [-0.4, -0.2) is 33.4 Å². The molecular formula is C17H26N2O. The lowest BCUT2D eigenvalue weighted by Crippen LogP contribution is -2.38. The van der Waals surface area contributed by atoms with Crippen molar-refractivity contribution in [3.05, 3.63) is 35.4 Å². The Kier molecular flexibility index (Phi) is 4.39. The molecule has 1 aliphatic heterocycles. The Morgan fingerprint density at radius 2 is 2.20 bits per heavy atom. The molecule has 1 atom stereocenters. The van der Waals surface area contributed by atoms with E-state index in [1.807, 2.05) is 0 Å². The van der Waals surface area contributed by atoms with Gasteiger partial charge < -0.3 is 15.4 Å². The zero-order valence-corrected chi connectivity index (χ0v) is 12.5. The predicted molar refractivity (Wildman–Crippen MR) is 81.9 cm³/mol. The maximum absolute atomic E-state index is 5.22. The molecular weight excluding hydrogens is 248 g/mol. The van der Waals surface area contributed by atoms with Crippen molar-refractivity contribution < 1.29 is 4.74 Å². The van der Waals surface area contributed by atoms with Gasteiger partial charge in [-0.15, -0.1) is 0 Å². The van der Waals surface area contributed by atoms with Gasteiger partial charge >= 0.3 is 0 Å². The molecule has 0 radical (unpaired) electrons. The number of ether oxygens (including phenoxy) is 1. The quantitative estimate of drug-likeness (QED) is 0.800. The van der Waals surface area contributed by atoms with E-state index in [0.29, 0.717) is 11.5 Å². The van der Waals surface area contributed by atoms with Gasteiger partial charge in [0, 0.05) is 32.8 Å². The van der Waals surface area contributed by atoms with E-state index in [2.05, 4.69) is 34.9 Å². The normalized spacial score (nSPS) is 23.4. The van der Waals surface area contributed by atoms with Crippen LogP contribution in [0.3, 0.4) is 0 Å². The van der Waals surface area contributed by atoms with Crippen molar-refractivity contribution in [3.63, 3.8) is 0 Å². The molecule has 2 aliphatic rings. The van der Waals surface area contributed by atoms with Gasteiger partial charge in [-0.2, -0.15) is 0 Å². The second-order valence-electron chi connectivity index (χ2n) is 6.33. The largest absolute Gasteiger partial charge is 0.385 e. The fourth-order valence-corrected chi connectivity index (χ4v) is 3.27. The molecule has 20 heavy (non-hydrogen) atoms. The van der Waals surface area contributed by atoms with Gasteiger partial charge in [0.1, 0.15) is 0 Å². The number of benzene rings is 1. The molecule has 1 aliphatic carbocycles. The Balaban J connectivity index is 1.50. The molecule has 0 saturated heterocycles. The third kappa shape index (κ3) is 3.22. The highest BCUT2D eigenvalue weighted by atomic mass is 16.5. The Labute approximate surface area is 122 Å². The monoisotopic (exact) mass is 274 g/mol. The Morgan fingerprint density at radius 1 is 1.35 bits per heavy atom. The van der Waals surface area contributed by atoms with Crippen molar-refractivity contribution in [3.8, 4) is 0 Å². The summed E-state index contributed by atoms with van der Waals surface area (Å²) in [6, 6.07) is 9.31. The summed E-state index contributed by atoms with van der Waals surface area (Å²) >= 11 is 0. The summed E-state index contributed by atoms with van der Waals surface area (Å²) in [6.07, 6.45) is 5.08. The van der Waals surface area contributed by atoms with E-state index >= 15 is 0 Å². The van der Waals surface area contributed by atoms with Crippen molar-refractivity contribution in [1.29, 1.82) is 0 Å². The Bertz CT molecular complexity index is 442. The van der Waals surface area contributed by atoms with Crippen LogP contribution in [0.2, 0.25) is 0 Å². The third-order valence-corrected chi connectivity index (χ3v) is 4.86. The summed E-state index contributed by atoms with van der Waals surface area (Å²) in [7, 11) is 1.80. The van der Waals surface area contributed by atoms with E-state index in [0.717, 1.165) is 32.7 Å². The maximum Gasteiger partial charge on any atom is 0.0468 e. The summed E-state index contributed by atoms with van der Waals surface area (Å²) in [5, 5.41) is 7.33. The van der Waals surface area contributed by atoms with Crippen molar-refractivity contribution in [2.45, 2.75) is 31.7 Å². The Morgan fingerprint density at radius 3 is 3.00 bits per heavy atom. The minimum absolute atomic E-state index is 0.471. The molecule has 1 fully saturated rings. The topological polar surface area (TPSA) is 33.3 Å². The summed E-state index contributed by atoms with van der Waals surface area (Å²) in [5.41, 5.74) is 3.52. The SMILES string of the molecule is COCCC1(CNCC2NCCc3ccccc32)CC1. The van der Waals surface area contributed by atoms with Gasteiger partial charge in [-0.3, -0.25) is 0 Å². The summed E-state index contributed by atoms with van der Waals surface area (Å²) in [5.74, 6) is 0. The molecule has 1 heterocycles. The molecule has 2 N–H and O–H groups in total. The summed E-state index contributed by atoms with van der Waals surface area (Å²) < 4.78 is 5.22. The first-order valence-electron chi connectivity index (χ1n) is 7.84. The zero-order valence-electron chi connectivity index (χ0n) is 12.5. The highest BCUT2D eigenvalue weighted by Gasteiger charge is 2.41. The Hall–Kier alpha value is -0.900. The number of methoxy groups -OCH3 is 1. The highest BCUT2D eigenvalue weighted by Crippen LogP contribution is 2.48. The first-order valence-corrected chi connectivity index (χ1v) is 7.84. The van der Waals surface area contributed by atoms with E-state index in [9.17, 15) is 0 Å². The number of hydrogen-bond acceptors (Lipinski definition) is 3. The van der Waals surface area contributed by atoms with Crippen LogP contribution in [0.15, 0.2) is 24.3 Å². The number of rotatable bonds is 7. The van der Waals surface area contributed by atoms with E-state index in [1.165, 1.54) is 30.4 Å². The van der Waals surface area contributed by atoms with Crippen molar-refractivity contribution in [1.82, 2.24) is 10.6 Å². The average molecular weight is 274 g/mol. The van der Waals surface area contributed by atoms with Crippen LogP contribution in [-0.2, 0) is 11.2 Å². The van der Waals surface area contributed by atoms with E-state index in [4.69, 9.17) is 4.74 Å². The standard InChI is InChI=1S/C17H26N2O/c1-20-11-9-17(7-8-17)13-18-12-16-15-5-3-2-4-14(15)6-10-19-16/h2-5,16,18-19H,6-13H2,1H3. The molecule has 0 amide bonds. The molecule has 1 saturated carbocycles. The van der Waals surface area contributed by atoms with Crippen molar-refractivity contribution in [2.75, 3.05) is 33.4 Å². The van der Waals surface area contributed by atoms with Gasteiger partial charge in [0.2, 0.25) is 0 Å². The molecule has 1 aromatic rings. The lowest BCUT2D eigenvalue weighted by atomic mass is 9.94. The molecule has 3 rings (SSSR count). The molecule has 1 aromatic carbocycles. The molecule has 3 nitrogen and oxygen atoms in total. The van der Waals surface area contributed by atoms with Crippen LogP contribution in [0, 0.1) is 5.41 Å². The third-order valence-electron chi connectivity index (χ3n) is 4.86. The van der Waals surface area contributed by atoms with Gasteiger partial charge in [0.25, 0.3) is 0 Å². The van der Waals surface area contributed by atoms with Crippen LogP contribution < -0.4 is 10.6 Å². The van der Waals surface area contributed by atoms with Crippen molar-refractivity contribution in [2.24, 2.45) is 5.41 Å². The van der Waals surface area contributed by atoms with E-state index < -0.39 is 0 Å². The van der Waals surface area contributed by atoms with Gasteiger partial charge in [-0.1, -0.05) is 24.3 Å². The van der Waals surface area contributed by atoms with Gasteiger partial charge in [0.15, 0.2) is 0 Å².